The maximum Gasteiger partial charge on any atom is 0.309 e. The maximum absolute atomic E-state index is 12.4. The zero-order valence-corrected chi connectivity index (χ0v) is 13.1. The second-order valence-electron chi connectivity index (χ2n) is 5.28. The highest BCUT2D eigenvalue weighted by atomic mass is 32.2. The molecule has 0 amide bonds. The normalized spacial score (nSPS) is 28.1. The summed E-state index contributed by atoms with van der Waals surface area (Å²) in [6.45, 7) is 6.67. The van der Waals surface area contributed by atoms with Gasteiger partial charge < -0.3 is 9.64 Å². The molecule has 0 N–H and O–H groups in total. The Morgan fingerprint density at radius 3 is 2.42 bits per heavy atom. The van der Waals surface area contributed by atoms with Gasteiger partial charge in [-0.1, -0.05) is 6.92 Å². The fourth-order valence-electron chi connectivity index (χ4n) is 2.35. The Kier molecular flexibility index (Phi) is 5.34. The molecule has 0 aromatic rings. The molecule has 1 aliphatic rings. The van der Waals surface area contributed by atoms with Crippen molar-refractivity contribution in [3.8, 4) is 0 Å². The molecule has 1 saturated heterocycles. The first-order valence-corrected chi connectivity index (χ1v) is 8.09. The minimum atomic E-state index is -3.44. The van der Waals surface area contributed by atoms with E-state index in [-0.39, 0.29) is 17.8 Å². The molecule has 1 heterocycles. The van der Waals surface area contributed by atoms with Crippen LogP contribution in [0.4, 0.5) is 0 Å². The van der Waals surface area contributed by atoms with Crippen LogP contribution in [0.2, 0.25) is 0 Å². The van der Waals surface area contributed by atoms with E-state index in [0.29, 0.717) is 13.1 Å². The van der Waals surface area contributed by atoms with Gasteiger partial charge in [-0.05, 0) is 20.9 Å². The van der Waals surface area contributed by atoms with Crippen molar-refractivity contribution in [1.82, 2.24) is 9.21 Å². The van der Waals surface area contributed by atoms with Gasteiger partial charge in [0.05, 0.1) is 18.8 Å². The van der Waals surface area contributed by atoms with Crippen molar-refractivity contribution in [3.63, 3.8) is 0 Å². The molecule has 0 aromatic carbocycles. The Balaban J connectivity index is 2.80. The highest BCUT2D eigenvalue weighted by molar-refractivity contribution is 7.89. The number of hydrogen-bond acceptors (Lipinski definition) is 5. The van der Waals surface area contributed by atoms with Gasteiger partial charge in [0.25, 0.3) is 0 Å². The summed E-state index contributed by atoms with van der Waals surface area (Å²) in [5, 5.41) is 0. The Morgan fingerprint density at radius 1 is 1.32 bits per heavy atom. The standard InChI is InChI=1S/C12H24N2O4S/c1-9(12(15)18-5)8-19(16,17)14-7-6-13(4)10(2)11(14)3/h9-11H,6-8H2,1-5H3. The molecule has 0 aliphatic carbocycles. The van der Waals surface area contributed by atoms with Crippen LogP contribution in [-0.2, 0) is 19.6 Å². The summed E-state index contributed by atoms with van der Waals surface area (Å²) >= 11 is 0. The Labute approximate surface area is 115 Å². The number of nitrogens with zero attached hydrogens (tertiary/aromatic N) is 2. The van der Waals surface area contributed by atoms with E-state index >= 15 is 0 Å². The van der Waals surface area contributed by atoms with Crippen molar-refractivity contribution in [2.24, 2.45) is 5.92 Å². The zero-order chi connectivity index (χ0) is 14.8. The fraction of sp³-hybridized carbons (Fsp3) is 0.917. The molecular formula is C12H24N2O4S. The summed E-state index contributed by atoms with van der Waals surface area (Å²) in [5.41, 5.74) is 0. The van der Waals surface area contributed by atoms with Crippen molar-refractivity contribution in [1.29, 1.82) is 0 Å². The molecule has 1 aliphatic heterocycles. The van der Waals surface area contributed by atoms with Gasteiger partial charge in [-0.25, -0.2) is 8.42 Å². The average molecular weight is 292 g/mol. The first-order valence-electron chi connectivity index (χ1n) is 6.48. The zero-order valence-electron chi connectivity index (χ0n) is 12.3. The number of methoxy groups -OCH3 is 1. The number of ether oxygens (including phenoxy) is 1. The molecule has 0 saturated carbocycles. The van der Waals surface area contributed by atoms with Crippen LogP contribution in [0.15, 0.2) is 0 Å². The largest absolute Gasteiger partial charge is 0.469 e. The number of sulfonamides is 1. The Morgan fingerprint density at radius 2 is 1.89 bits per heavy atom. The summed E-state index contributed by atoms with van der Waals surface area (Å²) in [5.74, 6) is -1.32. The number of carbonyl (C=O) groups is 1. The third-order valence-corrected chi connectivity index (χ3v) is 6.09. The van der Waals surface area contributed by atoms with Crippen LogP contribution in [0, 0.1) is 5.92 Å². The Bertz CT molecular complexity index is 423. The predicted octanol–water partition coefficient (Wildman–Crippen LogP) is 0.150. The highest BCUT2D eigenvalue weighted by Crippen LogP contribution is 2.20. The predicted molar refractivity (Wildman–Crippen MR) is 73.2 cm³/mol. The van der Waals surface area contributed by atoms with Gasteiger partial charge in [0.2, 0.25) is 10.0 Å². The van der Waals surface area contributed by atoms with Crippen LogP contribution >= 0.6 is 0 Å². The molecular weight excluding hydrogens is 268 g/mol. The summed E-state index contributed by atoms with van der Waals surface area (Å²) in [6, 6.07) is 0.0746. The molecule has 0 spiro atoms. The van der Waals surface area contributed by atoms with Gasteiger partial charge in [-0.3, -0.25) is 4.79 Å². The van der Waals surface area contributed by atoms with E-state index in [1.54, 1.807) is 6.92 Å². The van der Waals surface area contributed by atoms with E-state index in [1.165, 1.54) is 11.4 Å². The minimum Gasteiger partial charge on any atom is -0.469 e. The third kappa shape index (κ3) is 3.67. The van der Waals surface area contributed by atoms with Crippen LogP contribution < -0.4 is 0 Å². The van der Waals surface area contributed by atoms with Gasteiger partial charge in [0, 0.05) is 25.2 Å². The van der Waals surface area contributed by atoms with E-state index in [1.807, 2.05) is 20.9 Å². The minimum absolute atomic E-state index is 0.0893. The van der Waals surface area contributed by atoms with Gasteiger partial charge in [0.1, 0.15) is 0 Å². The second-order valence-corrected chi connectivity index (χ2v) is 7.24. The molecule has 112 valence electrons. The van der Waals surface area contributed by atoms with Crippen molar-refractivity contribution in [2.75, 3.05) is 33.0 Å². The molecule has 0 radical (unpaired) electrons. The first-order chi connectivity index (χ1) is 8.70. The lowest BCUT2D eigenvalue weighted by molar-refractivity contribution is -0.144. The van der Waals surface area contributed by atoms with E-state index in [9.17, 15) is 13.2 Å². The summed E-state index contributed by atoms with van der Waals surface area (Å²) < 4.78 is 30.8. The van der Waals surface area contributed by atoms with Gasteiger partial charge in [-0.2, -0.15) is 4.31 Å². The first kappa shape index (κ1) is 16.4. The van der Waals surface area contributed by atoms with E-state index in [4.69, 9.17) is 0 Å². The topological polar surface area (TPSA) is 66.9 Å². The van der Waals surface area contributed by atoms with Crippen LogP contribution in [-0.4, -0.2) is 68.7 Å². The van der Waals surface area contributed by atoms with E-state index < -0.39 is 21.9 Å². The fourth-order valence-corrected chi connectivity index (χ4v) is 4.35. The number of piperazine rings is 1. The second kappa shape index (κ2) is 6.19. The average Bonchev–Trinajstić information content (AvgIpc) is 2.33. The van der Waals surface area contributed by atoms with Gasteiger partial charge in [-0.15, -0.1) is 0 Å². The van der Waals surface area contributed by atoms with Crippen LogP contribution in [0.25, 0.3) is 0 Å². The van der Waals surface area contributed by atoms with Crippen molar-refractivity contribution in [2.45, 2.75) is 32.9 Å². The lowest BCUT2D eigenvalue weighted by Gasteiger charge is -2.42. The number of carbonyl (C=O) groups excluding carboxylic acids is 1. The van der Waals surface area contributed by atoms with Crippen LogP contribution in [0.1, 0.15) is 20.8 Å². The SMILES string of the molecule is COC(=O)C(C)CS(=O)(=O)N1CCN(C)C(C)C1C. The van der Waals surface area contributed by atoms with Crippen molar-refractivity contribution < 1.29 is 17.9 Å². The number of esters is 1. The summed E-state index contributed by atoms with van der Waals surface area (Å²) in [7, 11) is -0.179. The molecule has 1 rings (SSSR count). The number of rotatable bonds is 4. The summed E-state index contributed by atoms with van der Waals surface area (Å²) in [6.07, 6.45) is 0. The van der Waals surface area contributed by atoms with Crippen molar-refractivity contribution in [3.05, 3.63) is 0 Å². The number of hydrogen-bond donors (Lipinski definition) is 0. The van der Waals surface area contributed by atoms with E-state index in [2.05, 4.69) is 9.64 Å². The smallest absolute Gasteiger partial charge is 0.309 e. The van der Waals surface area contributed by atoms with Crippen molar-refractivity contribution >= 4 is 16.0 Å². The van der Waals surface area contributed by atoms with E-state index in [0.717, 1.165) is 0 Å². The quantitative estimate of drug-likeness (QED) is 0.690. The lowest BCUT2D eigenvalue weighted by Crippen LogP contribution is -2.58. The molecule has 0 bridgehead atoms. The van der Waals surface area contributed by atoms with Crippen LogP contribution in [0.5, 0.6) is 0 Å². The molecule has 0 aromatic heterocycles. The summed E-state index contributed by atoms with van der Waals surface area (Å²) in [4.78, 5) is 13.5. The third-order valence-electron chi connectivity index (χ3n) is 3.94. The number of likely N-dealkylation sites (N-methyl/N-ethyl adjacent to an activating group) is 1. The van der Waals surface area contributed by atoms with Gasteiger partial charge in [0.15, 0.2) is 0 Å². The molecule has 19 heavy (non-hydrogen) atoms. The van der Waals surface area contributed by atoms with Crippen LogP contribution in [0.3, 0.4) is 0 Å². The lowest BCUT2D eigenvalue weighted by atomic mass is 10.1. The highest BCUT2D eigenvalue weighted by Gasteiger charge is 2.37. The molecule has 7 heteroatoms. The molecule has 3 unspecified atom stereocenters. The molecule has 6 nitrogen and oxygen atoms in total. The molecule has 1 fully saturated rings. The maximum atomic E-state index is 12.4. The monoisotopic (exact) mass is 292 g/mol. The van der Waals surface area contributed by atoms with Gasteiger partial charge >= 0.3 is 5.97 Å². The Hall–Kier alpha value is -0.660. The molecule has 3 atom stereocenters.